The second-order valence-corrected chi connectivity index (χ2v) is 12.1. The summed E-state index contributed by atoms with van der Waals surface area (Å²) < 4.78 is 33.7. The van der Waals surface area contributed by atoms with Gasteiger partial charge in [-0.15, -0.1) is 11.3 Å². The lowest BCUT2D eigenvalue weighted by atomic mass is 10.1. The van der Waals surface area contributed by atoms with E-state index in [1.54, 1.807) is 11.0 Å². The Morgan fingerprint density at radius 1 is 1.21 bits per heavy atom. The lowest BCUT2D eigenvalue weighted by molar-refractivity contribution is -0.127. The van der Waals surface area contributed by atoms with Crippen molar-refractivity contribution in [3.8, 4) is 6.07 Å². The quantitative estimate of drug-likeness (QED) is 0.269. The molecule has 42 heavy (non-hydrogen) atoms. The number of carbonyl (C=O) groups excluding carboxylic acids is 2. The number of thiophene rings is 1. The molecular weight excluding hydrogens is 562 g/mol. The van der Waals surface area contributed by atoms with Crippen LogP contribution in [0.15, 0.2) is 42.0 Å². The molecule has 222 valence electrons. The Labute approximate surface area is 247 Å². The summed E-state index contributed by atoms with van der Waals surface area (Å²) in [5.41, 5.74) is 2.67. The first-order chi connectivity index (χ1) is 20.2. The Morgan fingerprint density at radius 3 is 2.69 bits per heavy atom. The van der Waals surface area contributed by atoms with Gasteiger partial charge in [0.05, 0.1) is 40.0 Å². The number of aromatic nitrogens is 2. The zero-order valence-corrected chi connectivity index (χ0v) is 24.5. The fraction of sp³-hybridized carbons (Fsp3) is 0.467. The minimum Gasteiger partial charge on any atom is -0.379 e. The van der Waals surface area contributed by atoms with Crippen LogP contribution in [0, 0.1) is 17.2 Å². The molecule has 2 aliphatic rings. The van der Waals surface area contributed by atoms with Crippen LogP contribution in [0.2, 0.25) is 0 Å². The minimum atomic E-state index is -2.65. The molecule has 2 fully saturated rings. The van der Waals surface area contributed by atoms with Crippen LogP contribution in [-0.4, -0.2) is 70.1 Å². The first-order valence-electron chi connectivity index (χ1n) is 14.1. The van der Waals surface area contributed by atoms with Crippen LogP contribution in [0.25, 0.3) is 11.0 Å². The van der Waals surface area contributed by atoms with Crippen molar-refractivity contribution in [3.63, 3.8) is 0 Å². The molecular formula is C30H34F2N6O3S. The van der Waals surface area contributed by atoms with Crippen LogP contribution >= 0.6 is 11.3 Å². The smallest absolute Gasteiger partial charge is 0.272 e. The van der Waals surface area contributed by atoms with Gasteiger partial charge in [0.1, 0.15) is 11.6 Å². The summed E-state index contributed by atoms with van der Waals surface area (Å²) in [7, 11) is 0. The third-order valence-electron chi connectivity index (χ3n) is 7.50. The molecule has 2 aromatic heterocycles. The topological polar surface area (TPSA) is 103 Å². The maximum atomic E-state index is 13.4. The Balaban J connectivity index is 1.47. The van der Waals surface area contributed by atoms with E-state index in [2.05, 4.69) is 16.3 Å². The molecule has 0 radical (unpaired) electrons. The number of allylic oxidation sites excluding steroid dienone is 1. The van der Waals surface area contributed by atoms with E-state index in [0.29, 0.717) is 31.8 Å². The van der Waals surface area contributed by atoms with Gasteiger partial charge in [0.15, 0.2) is 0 Å². The van der Waals surface area contributed by atoms with Gasteiger partial charge in [-0.3, -0.25) is 19.8 Å². The number of nitrogens with zero attached hydrogens (tertiary/aromatic N) is 5. The Morgan fingerprint density at radius 2 is 2.00 bits per heavy atom. The van der Waals surface area contributed by atoms with E-state index in [9.17, 15) is 23.6 Å². The summed E-state index contributed by atoms with van der Waals surface area (Å²) in [5, 5.41) is 12.5. The lowest BCUT2D eigenvalue weighted by Gasteiger charge is -2.27. The second kappa shape index (κ2) is 13.1. The fourth-order valence-corrected chi connectivity index (χ4v) is 6.23. The number of morpholine rings is 1. The highest BCUT2D eigenvalue weighted by Crippen LogP contribution is 2.30. The maximum Gasteiger partial charge on any atom is 0.272 e. The molecule has 1 N–H and O–H groups in total. The van der Waals surface area contributed by atoms with Crippen LogP contribution in [0.5, 0.6) is 0 Å². The molecule has 9 nitrogen and oxygen atoms in total. The van der Waals surface area contributed by atoms with Crippen molar-refractivity contribution in [1.29, 1.82) is 5.26 Å². The monoisotopic (exact) mass is 596 g/mol. The number of anilines is 1. The third-order valence-corrected chi connectivity index (χ3v) is 8.59. The molecule has 2 aliphatic heterocycles. The van der Waals surface area contributed by atoms with Crippen LogP contribution in [-0.2, 0) is 22.6 Å². The van der Waals surface area contributed by atoms with Gasteiger partial charge in [0, 0.05) is 32.7 Å². The predicted molar refractivity (Wildman–Crippen MR) is 156 cm³/mol. The molecule has 0 unspecified atom stereocenters. The number of imidazole rings is 1. The highest BCUT2D eigenvalue weighted by atomic mass is 32.1. The number of ether oxygens (including phenoxy) is 1. The van der Waals surface area contributed by atoms with Crippen molar-refractivity contribution in [3.05, 3.63) is 57.3 Å². The van der Waals surface area contributed by atoms with Crippen molar-refractivity contribution in [2.24, 2.45) is 5.92 Å². The van der Waals surface area contributed by atoms with E-state index in [1.807, 2.05) is 36.6 Å². The summed E-state index contributed by atoms with van der Waals surface area (Å²) in [6.07, 6.45) is 0.552. The number of nitriles is 1. The standard InChI is InChI=1S/C30H34F2N6O3S/c1-19(2)14-21(16-33)29(40)37-9-3-4-22(37)18-38-24-15-20(17-36-10-12-41-13-11-36)5-6-23(24)34-30(38)35-28(39)26-8-7-25(42-26)27(31)32/h5-8,14-15,19,22,27H,3-4,9-13,17-18H2,1-2H3,(H,34,35,39)/b21-14+/t22-/m1/s1. The zero-order chi connectivity index (χ0) is 29.8. The average molecular weight is 597 g/mol. The van der Waals surface area contributed by atoms with E-state index in [0.717, 1.165) is 54.9 Å². The summed E-state index contributed by atoms with van der Waals surface area (Å²) in [6, 6.07) is 10.5. The molecule has 0 saturated carbocycles. The zero-order valence-electron chi connectivity index (χ0n) is 23.7. The summed E-state index contributed by atoms with van der Waals surface area (Å²) in [5.74, 6) is -0.488. The molecule has 0 aliphatic carbocycles. The van der Waals surface area contributed by atoms with Crippen molar-refractivity contribution >= 4 is 40.1 Å². The van der Waals surface area contributed by atoms with Gasteiger partial charge in [0.25, 0.3) is 18.2 Å². The first-order valence-corrected chi connectivity index (χ1v) is 15.0. The largest absolute Gasteiger partial charge is 0.379 e. The molecule has 2 saturated heterocycles. The number of likely N-dealkylation sites (tertiary alicyclic amines) is 1. The van der Waals surface area contributed by atoms with Gasteiger partial charge in [-0.25, -0.2) is 13.8 Å². The molecule has 12 heteroatoms. The number of alkyl halides is 2. The van der Waals surface area contributed by atoms with Crippen molar-refractivity contribution in [1.82, 2.24) is 19.4 Å². The van der Waals surface area contributed by atoms with Gasteiger partial charge in [-0.2, -0.15) is 5.26 Å². The SMILES string of the molecule is CC(C)/C=C(\C#N)C(=O)N1CCC[C@@H]1Cn1c(NC(=O)c2ccc(C(F)F)s2)nc2ccc(CN3CCOCC3)cc21. The fourth-order valence-electron chi connectivity index (χ4n) is 5.47. The number of benzene rings is 1. The van der Waals surface area contributed by atoms with Gasteiger partial charge in [-0.1, -0.05) is 26.0 Å². The third kappa shape index (κ3) is 6.69. The van der Waals surface area contributed by atoms with Gasteiger partial charge in [-0.05, 0) is 48.6 Å². The van der Waals surface area contributed by atoms with Gasteiger partial charge < -0.3 is 14.2 Å². The van der Waals surface area contributed by atoms with Gasteiger partial charge >= 0.3 is 0 Å². The number of amides is 2. The van der Waals surface area contributed by atoms with Crippen LogP contribution in [0.1, 0.15) is 53.2 Å². The molecule has 3 aromatic rings. The molecule has 2 amide bonds. The van der Waals surface area contributed by atoms with Crippen molar-refractivity contribution < 1.29 is 23.1 Å². The van der Waals surface area contributed by atoms with E-state index in [1.165, 1.54) is 12.1 Å². The molecule has 0 spiro atoms. The van der Waals surface area contributed by atoms with E-state index < -0.39 is 12.3 Å². The maximum absolute atomic E-state index is 13.4. The van der Waals surface area contributed by atoms with Crippen LogP contribution in [0.4, 0.5) is 14.7 Å². The summed E-state index contributed by atoms with van der Waals surface area (Å²) in [4.78, 5) is 35.2. The normalized spacial score (nSPS) is 18.3. The predicted octanol–water partition coefficient (Wildman–Crippen LogP) is 5.22. The minimum absolute atomic E-state index is 0.0526. The van der Waals surface area contributed by atoms with Crippen LogP contribution < -0.4 is 5.32 Å². The molecule has 5 rings (SSSR count). The van der Waals surface area contributed by atoms with Gasteiger partial charge in [0.2, 0.25) is 5.95 Å². The van der Waals surface area contributed by atoms with E-state index in [4.69, 9.17) is 9.72 Å². The molecule has 4 heterocycles. The van der Waals surface area contributed by atoms with E-state index in [-0.39, 0.29) is 39.1 Å². The Bertz CT molecular complexity index is 1520. The average Bonchev–Trinajstić information content (AvgIpc) is 3.72. The number of hydrogen-bond donors (Lipinski definition) is 1. The highest BCUT2D eigenvalue weighted by molar-refractivity contribution is 7.14. The Kier molecular flexibility index (Phi) is 9.30. The molecule has 1 atom stereocenters. The Hall–Kier alpha value is -3.66. The first kappa shape index (κ1) is 29.8. The van der Waals surface area contributed by atoms with Crippen LogP contribution in [0.3, 0.4) is 0 Å². The van der Waals surface area contributed by atoms with E-state index >= 15 is 0 Å². The van der Waals surface area contributed by atoms with Crippen molar-refractivity contribution in [2.75, 3.05) is 38.2 Å². The van der Waals surface area contributed by atoms with Crippen molar-refractivity contribution in [2.45, 2.75) is 52.2 Å². The number of hydrogen-bond acceptors (Lipinski definition) is 7. The number of rotatable bonds is 9. The molecule has 1 aromatic carbocycles. The highest BCUT2D eigenvalue weighted by Gasteiger charge is 2.32. The summed E-state index contributed by atoms with van der Waals surface area (Å²) >= 11 is 0.746. The number of nitrogens with one attached hydrogen (secondary N) is 1. The number of fused-ring (bicyclic) bond motifs is 1. The summed E-state index contributed by atoms with van der Waals surface area (Å²) in [6.45, 7) is 8.51. The number of carbonyl (C=O) groups is 2. The lowest BCUT2D eigenvalue weighted by Crippen LogP contribution is -2.39. The molecule has 0 bridgehead atoms. The number of halogens is 2. The second-order valence-electron chi connectivity index (χ2n) is 10.9.